The van der Waals surface area contributed by atoms with Crippen LogP contribution in [0, 0.1) is 12.8 Å². The molecule has 4 rings (SSSR count). The van der Waals surface area contributed by atoms with Crippen LogP contribution in [0.5, 0.6) is 0 Å². The number of likely N-dealkylation sites (tertiary alicyclic amines) is 1. The molecule has 2 N–H and O–H groups in total. The number of nitrogens with one attached hydrogen (secondary N) is 2. The molecule has 0 amide bonds. The van der Waals surface area contributed by atoms with Crippen LogP contribution in [0.25, 0.3) is 0 Å². The van der Waals surface area contributed by atoms with Crippen molar-refractivity contribution in [1.29, 1.82) is 0 Å². The monoisotopic (exact) mass is 384 g/mol. The minimum Gasteiger partial charge on any atom is -0.373 e. The van der Waals surface area contributed by atoms with E-state index in [1.54, 1.807) is 0 Å². The predicted molar refractivity (Wildman–Crippen MR) is 115 cm³/mol. The van der Waals surface area contributed by atoms with E-state index in [2.05, 4.69) is 51.7 Å². The summed E-state index contributed by atoms with van der Waals surface area (Å²) < 4.78 is 6.17. The first-order chi connectivity index (χ1) is 13.7. The zero-order valence-corrected chi connectivity index (χ0v) is 17.5. The van der Waals surface area contributed by atoms with Crippen molar-refractivity contribution in [1.82, 2.24) is 15.5 Å². The third kappa shape index (κ3) is 5.06. The number of hydrogen-bond donors (Lipinski definition) is 2. The standard InChI is InChI=1S/C23H36N4O/c1-17-5-7-18(8-6-17)22-19(4-3-15-28-22)16-25-23(24-2)26-20-11-13-27(14-12-20)21-9-10-21/h5-8,19-22H,3-4,9-16H2,1-2H3,(H2,24,25,26). The van der Waals surface area contributed by atoms with Crippen LogP contribution >= 0.6 is 0 Å². The Kier molecular flexibility index (Phi) is 6.53. The fraction of sp³-hybridized carbons (Fsp3) is 0.696. The van der Waals surface area contributed by atoms with Gasteiger partial charge in [-0.15, -0.1) is 0 Å². The molecule has 3 aliphatic rings. The van der Waals surface area contributed by atoms with E-state index in [1.807, 2.05) is 7.05 Å². The van der Waals surface area contributed by atoms with Crippen LogP contribution in [0.3, 0.4) is 0 Å². The maximum atomic E-state index is 6.17. The van der Waals surface area contributed by atoms with Crippen molar-refractivity contribution in [3.8, 4) is 0 Å². The van der Waals surface area contributed by atoms with Crippen molar-refractivity contribution in [2.75, 3.05) is 33.3 Å². The molecule has 3 fully saturated rings. The number of aryl methyl sites for hydroxylation is 1. The first kappa shape index (κ1) is 19.7. The number of aliphatic imine (C=N–C) groups is 1. The lowest BCUT2D eigenvalue weighted by atomic mass is 9.89. The van der Waals surface area contributed by atoms with E-state index < -0.39 is 0 Å². The van der Waals surface area contributed by atoms with Crippen LogP contribution in [0.15, 0.2) is 29.3 Å². The molecule has 5 nitrogen and oxygen atoms in total. The first-order valence-electron chi connectivity index (χ1n) is 11.1. The zero-order chi connectivity index (χ0) is 19.3. The summed E-state index contributed by atoms with van der Waals surface area (Å²) in [6.07, 6.45) is 7.77. The highest BCUT2D eigenvalue weighted by molar-refractivity contribution is 5.80. The van der Waals surface area contributed by atoms with Gasteiger partial charge in [0.1, 0.15) is 0 Å². The smallest absolute Gasteiger partial charge is 0.191 e. The highest BCUT2D eigenvalue weighted by Gasteiger charge is 2.32. The number of piperidine rings is 1. The SMILES string of the molecule is CN=C(NCC1CCCOC1c1ccc(C)cc1)NC1CCN(C2CC2)CC1. The second kappa shape index (κ2) is 9.27. The minimum absolute atomic E-state index is 0.182. The van der Waals surface area contributed by atoms with Crippen LogP contribution < -0.4 is 10.6 Å². The quantitative estimate of drug-likeness (QED) is 0.604. The summed E-state index contributed by atoms with van der Waals surface area (Å²) >= 11 is 0. The van der Waals surface area contributed by atoms with Crippen molar-refractivity contribution in [2.45, 2.75) is 63.6 Å². The predicted octanol–water partition coefficient (Wildman–Crippen LogP) is 3.25. The number of hydrogen-bond acceptors (Lipinski definition) is 3. The van der Waals surface area contributed by atoms with E-state index in [9.17, 15) is 0 Å². The van der Waals surface area contributed by atoms with Gasteiger partial charge in [0.25, 0.3) is 0 Å². The van der Waals surface area contributed by atoms with Gasteiger partial charge in [0, 0.05) is 51.3 Å². The van der Waals surface area contributed by atoms with E-state index in [-0.39, 0.29) is 6.10 Å². The molecule has 0 bridgehead atoms. The van der Waals surface area contributed by atoms with Crippen molar-refractivity contribution >= 4 is 5.96 Å². The Morgan fingerprint density at radius 3 is 2.54 bits per heavy atom. The zero-order valence-electron chi connectivity index (χ0n) is 17.5. The number of ether oxygens (including phenoxy) is 1. The molecule has 154 valence electrons. The van der Waals surface area contributed by atoms with E-state index in [4.69, 9.17) is 4.74 Å². The number of benzene rings is 1. The average Bonchev–Trinajstić information content (AvgIpc) is 3.58. The topological polar surface area (TPSA) is 48.9 Å². The number of nitrogens with zero attached hydrogens (tertiary/aromatic N) is 2. The maximum Gasteiger partial charge on any atom is 0.191 e. The van der Waals surface area contributed by atoms with Gasteiger partial charge in [0.05, 0.1) is 6.10 Å². The van der Waals surface area contributed by atoms with E-state index in [1.165, 1.54) is 56.3 Å². The lowest BCUT2D eigenvalue weighted by Gasteiger charge is -2.34. The fourth-order valence-electron chi connectivity index (χ4n) is 4.64. The highest BCUT2D eigenvalue weighted by atomic mass is 16.5. The van der Waals surface area contributed by atoms with Crippen LogP contribution in [0.4, 0.5) is 0 Å². The van der Waals surface area contributed by atoms with Crippen molar-refractivity contribution in [2.24, 2.45) is 10.9 Å². The summed E-state index contributed by atoms with van der Waals surface area (Å²) in [5.74, 6) is 1.42. The molecular formula is C23H36N4O. The molecule has 0 spiro atoms. The van der Waals surface area contributed by atoms with E-state index in [0.717, 1.165) is 31.6 Å². The summed E-state index contributed by atoms with van der Waals surface area (Å²) in [4.78, 5) is 7.15. The Labute approximate surface area is 169 Å². The lowest BCUT2D eigenvalue weighted by Crippen LogP contribution is -2.50. The minimum atomic E-state index is 0.182. The Hall–Kier alpha value is -1.59. The maximum absolute atomic E-state index is 6.17. The molecule has 2 atom stereocenters. The Bertz CT molecular complexity index is 647. The normalized spacial score (nSPS) is 27.6. The Morgan fingerprint density at radius 2 is 1.86 bits per heavy atom. The second-order valence-electron chi connectivity index (χ2n) is 8.74. The molecule has 1 aromatic carbocycles. The largest absolute Gasteiger partial charge is 0.373 e. The van der Waals surface area contributed by atoms with Gasteiger partial charge < -0.3 is 20.3 Å². The van der Waals surface area contributed by atoms with Crippen molar-refractivity contribution in [3.63, 3.8) is 0 Å². The Morgan fingerprint density at radius 1 is 1.11 bits per heavy atom. The molecule has 1 saturated carbocycles. The fourth-order valence-corrected chi connectivity index (χ4v) is 4.64. The van der Waals surface area contributed by atoms with Gasteiger partial charge in [0.15, 0.2) is 5.96 Å². The summed E-state index contributed by atoms with van der Waals surface area (Å²) in [5.41, 5.74) is 2.60. The van der Waals surface area contributed by atoms with Crippen molar-refractivity contribution in [3.05, 3.63) is 35.4 Å². The Balaban J connectivity index is 1.28. The number of rotatable bonds is 5. The van der Waals surface area contributed by atoms with Gasteiger partial charge in [-0.1, -0.05) is 29.8 Å². The molecule has 2 unspecified atom stereocenters. The van der Waals surface area contributed by atoms with Crippen LogP contribution in [0.1, 0.15) is 55.8 Å². The van der Waals surface area contributed by atoms with Crippen LogP contribution in [-0.2, 0) is 4.74 Å². The molecule has 5 heteroatoms. The molecule has 0 aromatic heterocycles. The van der Waals surface area contributed by atoms with Gasteiger partial charge in [0.2, 0.25) is 0 Å². The lowest BCUT2D eigenvalue weighted by molar-refractivity contribution is -0.0265. The van der Waals surface area contributed by atoms with E-state index in [0.29, 0.717) is 12.0 Å². The molecule has 2 aliphatic heterocycles. The summed E-state index contributed by atoms with van der Waals surface area (Å²) in [6.45, 7) is 6.35. The number of guanidine groups is 1. The third-order valence-corrected chi connectivity index (χ3v) is 6.54. The molecular weight excluding hydrogens is 348 g/mol. The van der Waals surface area contributed by atoms with Gasteiger partial charge in [-0.25, -0.2) is 0 Å². The second-order valence-corrected chi connectivity index (χ2v) is 8.74. The summed E-state index contributed by atoms with van der Waals surface area (Å²) in [7, 11) is 1.88. The molecule has 0 radical (unpaired) electrons. The molecule has 1 aromatic rings. The molecule has 2 saturated heterocycles. The summed E-state index contributed by atoms with van der Waals surface area (Å²) in [5, 5.41) is 7.25. The van der Waals surface area contributed by atoms with Crippen molar-refractivity contribution < 1.29 is 4.74 Å². The average molecular weight is 385 g/mol. The highest BCUT2D eigenvalue weighted by Crippen LogP contribution is 2.33. The van der Waals surface area contributed by atoms with Gasteiger partial charge in [-0.2, -0.15) is 0 Å². The molecule has 2 heterocycles. The van der Waals surface area contributed by atoms with Gasteiger partial charge in [-0.05, 0) is 51.0 Å². The van der Waals surface area contributed by atoms with Crippen LogP contribution in [-0.4, -0.2) is 56.2 Å². The van der Waals surface area contributed by atoms with Gasteiger partial charge >= 0.3 is 0 Å². The molecule has 1 aliphatic carbocycles. The van der Waals surface area contributed by atoms with Gasteiger partial charge in [-0.3, -0.25) is 4.99 Å². The molecule has 28 heavy (non-hydrogen) atoms. The van der Waals surface area contributed by atoms with E-state index >= 15 is 0 Å². The van der Waals surface area contributed by atoms with Crippen LogP contribution in [0.2, 0.25) is 0 Å². The first-order valence-corrected chi connectivity index (χ1v) is 11.1. The summed E-state index contributed by atoms with van der Waals surface area (Å²) in [6, 6.07) is 10.2. The third-order valence-electron chi connectivity index (χ3n) is 6.54.